The molecular weight excluding hydrogens is 252 g/mol. The highest BCUT2D eigenvalue weighted by molar-refractivity contribution is 5.94. The van der Waals surface area contributed by atoms with E-state index in [1.165, 1.54) is 0 Å². The van der Waals surface area contributed by atoms with Crippen molar-refractivity contribution in [2.45, 2.75) is 6.54 Å². The SMILES string of the molecule is CNCCN(C)C(=O)c1ccc(Cn2ccnc2)cc1. The Hall–Kier alpha value is -2.14. The first-order valence-corrected chi connectivity index (χ1v) is 6.65. The molecule has 2 rings (SSSR count). The second kappa shape index (κ2) is 6.86. The van der Waals surface area contributed by atoms with Crippen LogP contribution in [0.5, 0.6) is 0 Å². The van der Waals surface area contributed by atoms with E-state index >= 15 is 0 Å². The Balaban J connectivity index is 1.98. The first-order chi connectivity index (χ1) is 9.70. The van der Waals surface area contributed by atoms with Crippen LogP contribution in [0.3, 0.4) is 0 Å². The third-order valence-corrected chi connectivity index (χ3v) is 3.17. The molecule has 5 heteroatoms. The van der Waals surface area contributed by atoms with E-state index in [1.54, 1.807) is 17.4 Å². The van der Waals surface area contributed by atoms with Gasteiger partial charge in [0.15, 0.2) is 0 Å². The number of rotatable bonds is 6. The van der Waals surface area contributed by atoms with Crippen LogP contribution in [0.25, 0.3) is 0 Å². The minimum Gasteiger partial charge on any atom is -0.340 e. The minimum absolute atomic E-state index is 0.0504. The molecule has 5 nitrogen and oxygen atoms in total. The summed E-state index contributed by atoms with van der Waals surface area (Å²) < 4.78 is 2.00. The van der Waals surface area contributed by atoms with E-state index in [9.17, 15) is 4.79 Å². The molecule has 1 amide bonds. The smallest absolute Gasteiger partial charge is 0.253 e. The Morgan fingerprint density at radius 2 is 2.10 bits per heavy atom. The standard InChI is InChI=1S/C15H20N4O/c1-16-7-9-18(2)15(20)14-5-3-13(4-6-14)11-19-10-8-17-12-19/h3-6,8,10,12,16H,7,9,11H2,1-2H3. The van der Waals surface area contributed by atoms with E-state index < -0.39 is 0 Å². The number of aromatic nitrogens is 2. The van der Waals surface area contributed by atoms with E-state index in [0.29, 0.717) is 6.54 Å². The molecule has 2 aromatic rings. The molecular formula is C15H20N4O. The topological polar surface area (TPSA) is 50.2 Å². The zero-order valence-corrected chi connectivity index (χ0v) is 11.9. The van der Waals surface area contributed by atoms with Crippen molar-refractivity contribution in [1.29, 1.82) is 0 Å². The normalized spacial score (nSPS) is 10.5. The third-order valence-electron chi connectivity index (χ3n) is 3.17. The molecule has 0 atom stereocenters. The number of amides is 1. The van der Waals surface area contributed by atoms with Crippen LogP contribution >= 0.6 is 0 Å². The van der Waals surface area contributed by atoms with E-state index in [1.807, 2.05) is 49.1 Å². The van der Waals surface area contributed by atoms with Crippen LogP contribution in [0.15, 0.2) is 43.0 Å². The van der Waals surface area contributed by atoms with E-state index in [0.717, 1.165) is 24.2 Å². The number of likely N-dealkylation sites (N-methyl/N-ethyl adjacent to an activating group) is 2. The molecule has 0 aliphatic heterocycles. The van der Waals surface area contributed by atoms with Crippen molar-refractivity contribution < 1.29 is 4.79 Å². The maximum Gasteiger partial charge on any atom is 0.253 e. The molecule has 1 aromatic carbocycles. The average molecular weight is 272 g/mol. The minimum atomic E-state index is 0.0504. The summed E-state index contributed by atoms with van der Waals surface area (Å²) in [6, 6.07) is 7.73. The molecule has 0 saturated carbocycles. The Kier molecular flexibility index (Phi) is 4.90. The number of hydrogen-bond acceptors (Lipinski definition) is 3. The molecule has 0 bridgehead atoms. The van der Waals surface area contributed by atoms with Crippen molar-refractivity contribution in [3.63, 3.8) is 0 Å². The lowest BCUT2D eigenvalue weighted by molar-refractivity contribution is 0.0797. The van der Waals surface area contributed by atoms with Crippen LogP contribution < -0.4 is 5.32 Å². The molecule has 0 aliphatic rings. The van der Waals surface area contributed by atoms with Gasteiger partial charge in [-0.05, 0) is 24.7 Å². The summed E-state index contributed by atoms with van der Waals surface area (Å²) in [5.41, 5.74) is 1.87. The molecule has 0 saturated heterocycles. The first kappa shape index (κ1) is 14.3. The van der Waals surface area contributed by atoms with Crippen molar-refractivity contribution in [3.8, 4) is 0 Å². The van der Waals surface area contributed by atoms with Gasteiger partial charge in [-0.15, -0.1) is 0 Å². The fourth-order valence-electron chi connectivity index (χ4n) is 1.95. The number of carbonyl (C=O) groups is 1. The van der Waals surface area contributed by atoms with Crippen LogP contribution in [0.4, 0.5) is 0 Å². The molecule has 0 aliphatic carbocycles. The van der Waals surface area contributed by atoms with Crippen molar-refractivity contribution in [2.24, 2.45) is 0 Å². The zero-order chi connectivity index (χ0) is 14.4. The van der Waals surface area contributed by atoms with Gasteiger partial charge in [0.2, 0.25) is 0 Å². The number of benzene rings is 1. The van der Waals surface area contributed by atoms with Gasteiger partial charge in [-0.2, -0.15) is 0 Å². The Labute approximate surface area is 119 Å². The number of imidazole rings is 1. The summed E-state index contributed by atoms with van der Waals surface area (Å²) in [4.78, 5) is 17.9. The molecule has 0 fully saturated rings. The van der Waals surface area contributed by atoms with E-state index in [2.05, 4.69) is 10.3 Å². The van der Waals surface area contributed by atoms with Gasteiger partial charge < -0.3 is 14.8 Å². The zero-order valence-electron chi connectivity index (χ0n) is 11.9. The second-order valence-corrected chi connectivity index (χ2v) is 4.76. The largest absolute Gasteiger partial charge is 0.340 e. The van der Waals surface area contributed by atoms with Gasteiger partial charge in [0.05, 0.1) is 6.33 Å². The maximum absolute atomic E-state index is 12.2. The second-order valence-electron chi connectivity index (χ2n) is 4.76. The molecule has 106 valence electrons. The summed E-state index contributed by atoms with van der Waals surface area (Å²) in [5, 5.41) is 3.04. The van der Waals surface area contributed by atoms with Gasteiger partial charge in [0.25, 0.3) is 5.91 Å². The molecule has 1 aromatic heterocycles. The van der Waals surface area contributed by atoms with Crippen molar-refractivity contribution in [1.82, 2.24) is 19.8 Å². The number of hydrogen-bond donors (Lipinski definition) is 1. The quantitative estimate of drug-likeness (QED) is 0.860. The molecule has 0 spiro atoms. The monoisotopic (exact) mass is 272 g/mol. The molecule has 1 N–H and O–H groups in total. The average Bonchev–Trinajstić information content (AvgIpc) is 2.97. The van der Waals surface area contributed by atoms with Gasteiger partial charge in [-0.1, -0.05) is 12.1 Å². The maximum atomic E-state index is 12.2. The highest BCUT2D eigenvalue weighted by Crippen LogP contribution is 2.08. The fraction of sp³-hybridized carbons (Fsp3) is 0.333. The van der Waals surface area contributed by atoms with Gasteiger partial charge in [0.1, 0.15) is 0 Å². The van der Waals surface area contributed by atoms with Crippen LogP contribution in [-0.4, -0.2) is 47.5 Å². The number of nitrogens with one attached hydrogen (secondary N) is 1. The highest BCUT2D eigenvalue weighted by atomic mass is 16.2. The summed E-state index contributed by atoms with van der Waals surface area (Å²) in [7, 11) is 3.70. The van der Waals surface area contributed by atoms with Gasteiger partial charge >= 0.3 is 0 Å². The van der Waals surface area contributed by atoms with Crippen LogP contribution in [0.2, 0.25) is 0 Å². The van der Waals surface area contributed by atoms with Gasteiger partial charge in [-0.3, -0.25) is 4.79 Å². The van der Waals surface area contributed by atoms with Crippen LogP contribution in [0.1, 0.15) is 15.9 Å². The fourth-order valence-corrected chi connectivity index (χ4v) is 1.95. The van der Waals surface area contributed by atoms with Crippen molar-refractivity contribution in [2.75, 3.05) is 27.2 Å². The Bertz CT molecular complexity index is 534. The summed E-state index contributed by atoms with van der Waals surface area (Å²) in [5.74, 6) is 0.0504. The molecule has 1 heterocycles. The Morgan fingerprint density at radius 3 is 2.70 bits per heavy atom. The third kappa shape index (κ3) is 3.68. The van der Waals surface area contributed by atoms with Crippen LogP contribution in [-0.2, 0) is 6.54 Å². The summed E-state index contributed by atoms with van der Waals surface area (Å²) >= 11 is 0. The molecule has 0 radical (unpaired) electrons. The highest BCUT2D eigenvalue weighted by Gasteiger charge is 2.10. The van der Waals surface area contributed by atoms with Crippen LogP contribution in [0, 0.1) is 0 Å². The summed E-state index contributed by atoms with van der Waals surface area (Å²) in [6.45, 7) is 2.26. The lowest BCUT2D eigenvalue weighted by atomic mass is 10.1. The van der Waals surface area contributed by atoms with Crippen molar-refractivity contribution >= 4 is 5.91 Å². The van der Waals surface area contributed by atoms with Gasteiger partial charge in [0, 0.05) is 44.6 Å². The van der Waals surface area contributed by atoms with Gasteiger partial charge in [-0.25, -0.2) is 4.98 Å². The van der Waals surface area contributed by atoms with E-state index in [-0.39, 0.29) is 5.91 Å². The first-order valence-electron chi connectivity index (χ1n) is 6.65. The lowest BCUT2D eigenvalue weighted by Gasteiger charge is -2.17. The predicted molar refractivity (Wildman–Crippen MR) is 78.7 cm³/mol. The Morgan fingerprint density at radius 1 is 1.35 bits per heavy atom. The lowest BCUT2D eigenvalue weighted by Crippen LogP contribution is -2.32. The van der Waals surface area contributed by atoms with Crippen molar-refractivity contribution in [3.05, 3.63) is 54.1 Å². The number of nitrogens with zero attached hydrogens (tertiary/aromatic N) is 3. The molecule has 20 heavy (non-hydrogen) atoms. The number of carbonyl (C=O) groups excluding carboxylic acids is 1. The summed E-state index contributed by atoms with van der Waals surface area (Å²) in [6.07, 6.45) is 5.46. The molecule has 0 unspecified atom stereocenters. The van der Waals surface area contributed by atoms with E-state index in [4.69, 9.17) is 0 Å². The predicted octanol–water partition coefficient (Wildman–Crippen LogP) is 1.22.